The summed E-state index contributed by atoms with van der Waals surface area (Å²) in [7, 11) is 0. The van der Waals surface area contributed by atoms with Crippen molar-refractivity contribution in [1.82, 2.24) is 0 Å². The van der Waals surface area contributed by atoms with E-state index in [9.17, 15) is 4.79 Å². The number of aliphatic hydroxyl groups is 1. The SMILES string of the molecule is CC(C)c1ccc(CC(O)C=O)cc1. The van der Waals surface area contributed by atoms with Crippen LogP contribution >= 0.6 is 0 Å². The lowest BCUT2D eigenvalue weighted by Crippen LogP contribution is -2.11. The van der Waals surface area contributed by atoms with Gasteiger partial charge in [-0.1, -0.05) is 38.1 Å². The highest BCUT2D eigenvalue weighted by molar-refractivity contribution is 5.56. The Morgan fingerprint density at radius 3 is 2.29 bits per heavy atom. The van der Waals surface area contributed by atoms with Crippen molar-refractivity contribution in [3.05, 3.63) is 35.4 Å². The zero-order chi connectivity index (χ0) is 10.6. The highest BCUT2D eigenvalue weighted by Gasteiger charge is 2.04. The van der Waals surface area contributed by atoms with Gasteiger partial charge in [0, 0.05) is 6.42 Å². The van der Waals surface area contributed by atoms with Gasteiger partial charge < -0.3 is 9.90 Å². The van der Waals surface area contributed by atoms with Crippen molar-refractivity contribution in [2.75, 3.05) is 0 Å². The summed E-state index contributed by atoms with van der Waals surface area (Å²) in [5.41, 5.74) is 2.27. The van der Waals surface area contributed by atoms with Crippen LogP contribution in [0.1, 0.15) is 30.9 Å². The van der Waals surface area contributed by atoms with Crippen LogP contribution in [0.3, 0.4) is 0 Å². The summed E-state index contributed by atoms with van der Waals surface area (Å²) in [5, 5.41) is 9.12. The van der Waals surface area contributed by atoms with Crippen molar-refractivity contribution in [3.63, 3.8) is 0 Å². The Balaban J connectivity index is 2.68. The highest BCUT2D eigenvalue weighted by Crippen LogP contribution is 2.15. The van der Waals surface area contributed by atoms with Crippen LogP contribution in [-0.2, 0) is 11.2 Å². The van der Waals surface area contributed by atoms with Crippen LogP contribution in [0.25, 0.3) is 0 Å². The van der Waals surface area contributed by atoms with E-state index in [0.29, 0.717) is 18.6 Å². The average Bonchev–Trinajstić information content (AvgIpc) is 2.18. The van der Waals surface area contributed by atoms with Gasteiger partial charge in [-0.3, -0.25) is 0 Å². The lowest BCUT2D eigenvalue weighted by atomic mass is 10.00. The fourth-order valence-corrected chi connectivity index (χ4v) is 1.33. The van der Waals surface area contributed by atoms with Gasteiger partial charge >= 0.3 is 0 Å². The van der Waals surface area contributed by atoms with E-state index >= 15 is 0 Å². The summed E-state index contributed by atoms with van der Waals surface area (Å²) in [4.78, 5) is 10.2. The molecule has 0 aliphatic rings. The fourth-order valence-electron chi connectivity index (χ4n) is 1.33. The minimum atomic E-state index is -0.875. The van der Waals surface area contributed by atoms with Crippen LogP contribution in [-0.4, -0.2) is 17.5 Å². The first kappa shape index (κ1) is 10.9. The molecule has 1 N–H and O–H groups in total. The monoisotopic (exact) mass is 192 g/mol. The summed E-state index contributed by atoms with van der Waals surface area (Å²) in [6.45, 7) is 4.27. The van der Waals surface area contributed by atoms with Crippen molar-refractivity contribution in [3.8, 4) is 0 Å². The molecular weight excluding hydrogens is 176 g/mol. The van der Waals surface area contributed by atoms with Gasteiger partial charge in [0.25, 0.3) is 0 Å². The average molecular weight is 192 g/mol. The van der Waals surface area contributed by atoms with E-state index in [2.05, 4.69) is 13.8 Å². The number of carbonyl (C=O) groups excluding carboxylic acids is 1. The Kier molecular flexibility index (Phi) is 3.84. The van der Waals surface area contributed by atoms with Gasteiger partial charge in [0.05, 0.1) is 0 Å². The normalized spacial score (nSPS) is 12.9. The van der Waals surface area contributed by atoms with Crippen molar-refractivity contribution in [1.29, 1.82) is 0 Å². The smallest absolute Gasteiger partial charge is 0.148 e. The van der Waals surface area contributed by atoms with E-state index in [0.717, 1.165) is 5.56 Å². The maximum absolute atomic E-state index is 10.2. The molecule has 1 atom stereocenters. The molecule has 0 bridgehead atoms. The maximum atomic E-state index is 10.2. The second-order valence-electron chi connectivity index (χ2n) is 3.80. The third-order valence-corrected chi connectivity index (χ3v) is 2.25. The standard InChI is InChI=1S/C12H16O2/c1-9(2)11-5-3-10(4-6-11)7-12(14)8-13/h3-6,8-9,12,14H,7H2,1-2H3. The molecule has 0 fully saturated rings. The van der Waals surface area contributed by atoms with Crippen LogP contribution in [0.15, 0.2) is 24.3 Å². The number of aliphatic hydroxyl groups excluding tert-OH is 1. The fraction of sp³-hybridized carbons (Fsp3) is 0.417. The van der Waals surface area contributed by atoms with E-state index < -0.39 is 6.10 Å². The van der Waals surface area contributed by atoms with Gasteiger partial charge in [0.2, 0.25) is 0 Å². The summed E-state index contributed by atoms with van der Waals surface area (Å²) in [6, 6.07) is 8.00. The highest BCUT2D eigenvalue weighted by atomic mass is 16.3. The summed E-state index contributed by atoms with van der Waals surface area (Å²) < 4.78 is 0. The van der Waals surface area contributed by atoms with Gasteiger partial charge in [-0.05, 0) is 17.0 Å². The van der Waals surface area contributed by atoms with E-state index in [4.69, 9.17) is 5.11 Å². The first-order chi connectivity index (χ1) is 6.63. The van der Waals surface area contributed by atoms with Crippen LogP contribution in [0, 0.1) is 0 Å². The molecule has 1 unspecified atom stereocenters. The molecule has 2 nitrogen and oxygen atoms in total. The quantitative estimate of drug-likeness (QED) is 0.740. The predicted molar refractivity (Wildman–Crippen MR) is 56.3 cm³/mol. The molecule has 0 amide bonds. The zero-order valence-electron chi connectivity index (χ0n) is 8.60. The molecule has 0 spiro atoms. The van der Waals surface area contributed by atoms with Gasteiger partial charge in [0.1, 0.15) is 12.4 Å². The van der Waals surface area contributed by atoms with Gasteiger partial charge in [-0.25, -0.2) is 0 Å². The molecule has 0 heterocycles. The van der Waals surface area contributed by atoms with Crippen molar-refractivity contribution >= 4 is 6.29 Å². The van der Waals surface area contributed by atoms with E-state index in [-0.39, 0.29) is 0 Å². The maximum Gasteiger partial charge on any atom is 0.148 e. The van der Waals surface area contributed by atoms with Crippen molar-refractivity contribution in [2.45, 2.75) is 32.3 Å². The number of hydrogen-bond donors (Lipinski definition) is 1. The van der Waals surface area contributed by atoms with Crippen LogP contribution < -0.4 is 0 Å². The summed E-state index contributed by atoms with van der Waals surface area (Å²) in [6.07, 6.45) is 0.0954. The number of hydrogen-bond acceptors (Lipinski definition) is 2. The first-order valence-electron chi connectivity index (χ1n) is 4.85. The molecule has 1 aromatic carbocycles. The zero-order valence-corrected chi connectivity index (χ0v) is 8.60. The molecule has 1 rings (SSSR count). The van der Waals surface area contributed by atoms with Gasteiger partial charge in [-0.15, -0.1) is 0 Å². The Morgan fingerprint density at radius 1 is 1.29 bits per heavy atom. The van der Waals surface area contributed by atoms with E-state index in [1.54, 1.807) is 0 Å². The summed E-state index contributed by atoms with van der Waals surface area (Å²) in [5.74, 6) is 0.514. The van der Waals surface area contributed by atoms with Crippen LogP contribution in [0.5, 0.6) is 0 Å². The molecule has 0 aliphatic heterocycles. The molecule has 2 heteroatoms. The minimum Gasteiger partial charge on any atom is -0.385 e. The largest absolute Gasteiger partial charge is 0.385 e. The predicted octanol–water partition coefficient (Wildman–Crippen LogP) is 1.91. The lowest BCUT2D eigenvalue weighted by Gasteiger charge is -2.07. The van der Waals surface area contributed by atoms with E-state index in [1.165, 1.54) is 5.56 Å². The Bertz CT molecular complexity index is 288. The Morgan fingerprint density at radius 2 is 1.86 bits per heavy atom. The third-order valence-electron chi connectivity index (χ3n) is 2.25. The molecule has 76 valence electrons. The molecule has 0 saturated heterocycles. The number of rotatable bonds is 4. The summed E-state index contributed by atoms with van der Waals surface area (Å²) >= 11 is 0. The van der Waals surface area contributed by atoms with Gasteiger partial charge in [0.15, 0.2) is 0 Å². The Labute approximate surface area is 84.6 Å². The van der Waals surface area contributed by atoms with E-state index in [1.807, 2.05) is 24.3 Å². The van der Waals surface area contributed by atoms with Crippen LogP contribution in [0.4, 0.5) is 0 Å². The molecule has 14 heavy (non-hydrogen) atoms. The molecular formula is C12H16O2. The molecule has 0 saturated carbocycles. The van der Waals surface area contributed by atoms with Gasteiger partial charge in [-0.2, -0.15) is 0 Å². The Hall–Kier alpha value is -1.15. The molecule has 0 aliphatic carbocycles. The molecule has 1 aromatic rings. The number of aldehydes is 1. The second kappa shape index (κ2) is 4.91. The lowest BCUT2D eigenvalue weighted by molar-refractivity contribution is -0.114. The molecule has 0 radical (unpaired) electrons. The van der Waals surface area contributed by atoms with Crippen molar-refractivity contribution < 1.29 is 9.90 Å². The van der Waals surface area contributed by atoms with Crippen molar-refractivity contribution in [2.24, 2.45) is 0 Å². The third kappa shape index (κ3) is 2.96. The van der Waals surface area contributed by atoms with Crippen LogP contribution in [0.2, 0.25) is 0 Å². The topological polar surface area (TPSA) is 37.3 Å². The molecule has 0 aromatic heterocycles. The minimum absolute atomic E-state index is 0.405. The number of benzene rings is 1. The first-order valence-corrected chi connectivity index (χ1v) is 4.85. The second-order valence-corrected chi connectivity index (χ2v) is 3.80. The number of carbonyl (C=O) groups is 1.